The number of hydrogen-bond donors (Lipinski definition) is 2. The Balaban J connectivity index is 2.60. The number of ether oxygens (including phenoxy) is 1. The summed E-state index contributed by atoms with van der Waals surface area (Å²) in [6.07, 6.45) is 0. The quantitative estimate of drug-likeness (QED) is 0.445. The lowest BCUT2D eigenvalue weighted by atomic mass is 10.2. The van der Waals surface area contributed by atoms with E-state index >= 15 is 0 Å². The number of carbonyl (C=O) groups excluding carboxylic acids is 1. The van der Waals surface area contributed by atoms with Gasteiger partial charge in [0.1, 0.15) is 5.75 Å². The Labute approximate surface area is 89.4 Å². The molecule has 4 heteroatoms. The minimum atomic E-state index is -0.301. The fourth-order valence-corrected chi connectivity index (χ4v) is 1.05. The molecule has 1 rings (SSSR count). The second-order valence-corrected chi connectivity index (χ2v) is 3.70. The Morgan fingerprint density at radius 2 is 2.00 bits per heavy atom. The second kappa shape index (κ2) is 5.36. The summed E-state index contributed by atoms with van der Waals surface area (Å²) in [5, 5.41) is 0. The molecule has 0 fully saturated rings. The fourth-order valence-electron chi connectivity index (χ4n) is 1.05. The second-order valence-electron chi connectivity index (χ2n) is 3.70. The van der Waals surface area contributed by atoms with Crippen LogP contribution in [0.25, 0.3) is 0 Å². The Kier molecular flexibility index (Phi) is 4.12. The highest BCUT2D eigenvalue weighted by Crippen LogP contribution is 2.12. The molecule has 15 heavy (non-hydrogen) atoms. The minimum Gasteiger partial charge on any atom is -0.493 e. The topological polar surface area (TPSA) is 64.3 Å². The van der Waals surface area contributed by atoms with Gasteiger partial charge < -0.3 is 4.74 Å². The first-order chi connectivity index (χ1) is 7.13. The standard InChI is InChI=1S/C11H16N2O2/c1-8(2)7-15-10-5-3-9(4-6-10)11(14)13-12/h3-6,8H,7,12H2,1-2H3,(H,13,14). The molecular weight excluding hydrogens is 192 g/mol. The number of carbonyl (C=O) groups is 1. The van der Waals surface area contributed by atoms with Gasteiger partial charge in [-0.05, 0) is 30.2 Å². The minimum absolute atomic E-state index is 0.301. The molecule has 0 unspecified atom stereocenters. The molecule has 0 bridgehead atoms. The van der Waals surface area contributed by atoms with Gasteiger partial charge in [0.15, 0.2) is 0 Å². The van der Waals surface area contributed by atoms with E-state index < -0.39 is 0 Å². The summed E-state index contributed by atoms with van der Waals surface area (Å²) in [7, 11) is 0. The molecule has 1 aromatic carbocycles. The Morgan fingerprint density at radius 1 is 1.40 bits per heavy atom. The lowest BCUT2D eigenvalue weighted by molar-refractivity contribution is 0.0953. The van der Waals surface area contributed by atoms with Crippen molar-refractivity contribution in [1.29, 1.82) is 0 Å². The van der Waals surface area contributed by atoms with Crippen molar-refractivity contribution >= 4 is 5.91 Å². The maximum Gasteiger partial charge on any atom is 0.265 e. The van der Waals surface area contributed by atoms with Crippen LogP contribution in [0.15, 0.2) is 24.3 Å². The highest BCUT2D eigenvalue weighted by molar-refractivity contribution is 5.93. The third-order valence-corrected chi connectivity index (χ3v) is 1.83. The summed E-state index contributed by atoms with van der Waals surface area (Å²) in [5.74, 6) is 5.95. The summed E-state index contributed by atoms with van der Waals surface area (Å²) in [5.41, 5.74) is 2.59. The van der Waals surface area contributed by atoms with Crippen molar-refractivity contribution in [2.45, 2.75) is 13.8 Å². The zero-order valence-corrected chi connectivity index (χ0v) is 8.99. The lowest BCUT2D eigenvalue weighted by Gasteiger charge is -2.08. The summed E-state index contributed by atoms with van der Waals surface area (Å²) >= 11 is 0. The zero-order valence-electron chi connectivity index (χ0n) is 8.99. The van der Waals surface area contributed by atoms with Gasteiger partial charge >= 0.3 is 0 Å². The largest absolute Gasteiger partial charge is 0.493 e. The smallest absolute Gasteiger partial charge is 0.265 e. The van der Waals surface area contributed by atoms with Crippen molar-refractivity contribution in [3.63, 3.8) is 0 Å². The average Bonchev–Trinajstić information content (AvgIpc) is 2.26. The van der Waals surface area contributed by atoms with Gasteiger partial charge in [-0.1, -0.05) is 13.8 Å². The van der Waals surface area contributed by atoms with Crippen LogP contribution in [0.1, 0.15) is 24.2 Å². The number of benzene rings is 1. The lowest BCUT2D eigenvalue weighted by Crippen LogP contribution is -2.29. The summed E-state index contributed by atoms with van der Waals surface area (Å²) in [6, 6.07) is 6.87. The molecule has 82 valence electrons. The van der Waals surface area contributed by atoms with Crippen LogP contribution in [0.2, 0.25) is 0 Å². The molecule has 0 aliphatic heterocycles. The van der Waals surface area contributed by atoms with Gasteiger partial charge in [0, 0.05) is 5.56 Å². The number of rotatable bonds is 4. The van der Waals surface area contributed by atoms with Crippen LogP contribution < -0.4 is 16.0 Å². The molecule has 0 atom stereocenters. The molecule has 0 heterocycles. The van der Waals surface area contributed by atoms with Gasteiger partial charge in [0.2, 0.25) is 0 Å². The molecule has 0 radical (unpaired) electrons. The van der Waals surface area contributed by atoms with Gasteiger partial charge in [-0.2, -0.15) is 0 Å². The van der Waals surface area contributed by atoms with E-state index in [9.17, 15) is 4.79 Å². The molecule has 0 saturated carbocycles. The molecule has 1 amide bonds. The van der Waals surface area contributed by atoms with Crippen LogP contribution in [0.5, 0.6) is 5.75 Å². The number of hydrogen-bond acceptors (Lipinski definition) is 3. The normalized spacial score (nSPS) is 10.1. The fraction of sp³-hybridized carbons (Fsp3) is 0.364. The van der Waals surface area contributed by atoms with Crippen LogP contribution in [0.3, 0.4) is 0 Å². The molecule has 0 aromatic heterocycles. The van der Waals surface area contributed by atoms with E-state index in [1.54, 1.807) is 24.3 Å². The highest BCUT2D eigenvalue weighted by Gasteiger charge is 2.03. The first-order valence-corrected chi connectivity index (χ1v) is 4.87. The Bertz CT molecular complexity index is 320. The third-order valence-electron chi connectivity index (χ3n) is 1.83. The van der Waals surface area contributed by atoms with Crippen molar-refractivity contribution < 1.29 is 9.53 Å². The van der Waals surface area contributed by atoms with Crippen LogP contribution in [0.4, 0.5) is 0 Å². The van der Waals surface area contributed by atoms with Gasteiger partial charge in [-0.15, -0.1) is 0 Å². The summed E-state index contributed by atoms with van der Waals surface area (Å²) in [6.45, 7) is 4.83. The number of amides is 1. The molecule has 1 aromatic rings. The van der Waals surface area contributed by atoms with Gasteiger partial charge in [-0.3, -0.25) is 10.2 Å². The van der Waals surface area contributed by atoms with E-state index in [-0.39, 0.29) is 5.91 Å². The van der Waals surface area contributed by atoms with Crippen molar-refractivity contribution in [3.05, 3.63) is 29.8 Å². The van der Waals surface area contributed by atoms with E-state index in [2.05, 4.69) is 19.3 Å². The Morgan fingerprint density at radius 3 is 2.47 bits per heavy atom. The maximum atomic E-state index is 11.1. The van der Waals surface area contributed by atoms with Crippen molar-refractivity contribution in [3.8, 4) is 5.75 Å². The number of nitrogens with two attached hydrogens (primary N) is 1. The molecule has 3 N–H and O–H groups in total. The highest BCUT2D eigenvalue weighted by atomic mass is 16.5. The van der Waals surface area contributed by atoms with E-state index in [1.165, 1.54) is 0 Å². The monoisotopic (exact) mass is 208 g/mol. The van der Waals surface area contributed by atoms with Crippen LogP contribution in [-0.4, -0.2) is 12.5 Å². The number of hydrazine groups is 1. The summed E-state index contributed by atoms with van der Waals surface area (Å²) in [4.78, 5) is 11.1. The molecule has 0 saturated heterocycles. The van der Waals surface area contributed by atoms with Crippen molar-refractivity contribution in [1.82, 2.24) is 5.43 Å². The van der Waals surface area contributed by atoms with Crippen LogP contribution in [0, 0.1) is 5.92 Å². The van der Waals surface area contributed by atoms with Crippen LogP contribution in [-0.2, 0) is 0 Å². The van der Waals surface area contributed by atoms with E-state index in [1.807, 2.05) is 0 Å². The molecule has 4 nitrogen and oxygen atoms in total. The third kappa shape index (κ3) is 3.59. The first-order valence-electron chi connectivity index (χ1n) is 4.87. The van der Waals surface area contributed by atoms with Crippen molar-refractivity contribution in [2.75, 3.05) is 6.61 Å². The predicted octanol–water partition coefficient (Wildman–Crippen LogP) is 1.32. The molecule has 0 spiro atoms. The van der Waals surface area contributed by atoms with Gasteiger partial charge in [0.25, 0.3) is 5.91 Å². The first kappa shape index (κ1) is 11.5. The van der Waals surface area contributed by atoms with Crippen LogP contribution >= 0.6 is 0 Å². The number of nitrogens with one attached hydrogen (secondary N) is 1. The molecule has 0 aliphatic carbocycles. The van der Waals surface area contributed by atoms with Gasteiger partial charge in [-0.25, -0.2) is 5.84 Å². The summed E-state index contributed by atoms with van der Waals surface area (Å²) < 4.78 is 5.47. The van der Waals surface area contributed by atoms with Gasteiger partial charge in [0.05, 0.1) is 6.61 Å². The van der Waals surface area contributed by atoms with E-state index in [4.69, 9.17) is 10.6 Å². The zero-order chi connectivity index (χ0) is 11.3. The predicted molar refractivity (Wildman–Crippen MR) is 58.4 cm³/mol. The number of nitrogen functional groups attached to an aromatic ring is 1. The van der Waals surface area contributed by atoms with E-state index in [0.29, 0.717) is 18.1 Å². The van der Waals surface area contributed by atoms with Crippen molar-refractivity contribution in [2.24, 2.45) is 11.8 Å². The van der Waals surface area contributed by atoms with E-state index in [0.717, 1.165) is 5.75 Å². The SMILES string of the molecule is CC(C)COc1ccc(C(=O)NN)cc1. The average molecular weight is 208 g/mol. The molecular formula is C11H16N2O2. The Hall–Kier alpha value is -1.55. The molecule has 0 aliphatic rings. The maximum absolute atomic E-state index is 11.1.